The second-order valence-corrected chi connectivity index (χ2v) is 13.7. The van der Waals surface area contributed by atoms with Crippen molar-refractivity contribution in [1.29, 1.82) is 0 Å². The van der Waals surface area contributed by atoms with E-state index in [1.807, 2.05) is 0 Å². The Bertz CT molecular complexity index is 198. The fourth-order valence-electron chi connectivity index (χ4n) is 2.77. The maximum absolute atomic E-state index is 3.70. The van der Waals surface area contributed by atoms with Crippen molar-refractivity contribution in [3.8, 4) is 0 Å². The summed E-state index contributed by atoms with van der Waals surface area (Å²) in [5.41, 5.74) is 3.50. The average Bonchev–Trinajstić information content (AvgIpc) is 2.25. The number of halogens is 1. The van der Waals surface area contributed by atoms with Gasteiger partial charge in [0.2, 0.25) is 0 Å². The number of nitrogens with one attached hydrogen (secondary N) is 1. The molecule has 0 rings (SSSR count). The van der Waals surface area contributed by atoms with Crippen molar-refractivity contribution in [2.75, 3.05) is 25.4 Å². The van der Waals surface area contributed by atoms with E-state index in [0.717, 1.165) is 22.6 Å². The van der Waals surface area contributed by atoms with Crippen molar-refractivity contribution in [1.82, 2.24) is 5.32 Å². The minimum Gasteiger partial charge on any atom is -1.00 e. The molecule has 0 fully saturated rings. The van der Waals surface area contributed by atoms with E-state index in [1.54, 1.807) is 0 Å². The average molecular weight is 535 g/mol. The molecule has 0 atom stereocenters. The molecule has 1 nitrogen and oxygen atoms in total. The second-order valence-electron chi connectivity index (χ2n) is 6.60. The fraction of sp³-hybridized carbons (Fsp3) is 1.00. The van der Waals surface area contributed by atoms with Crippen molar-refractivity contribution in [2.24, 2.45) is 0 Å². The zero-order valence-corrected chi connectivity index (χ0v) is 20.2. The molecule has 0 spiro atoms. The molecule has 1 N–H and O–H groups in total. The summed E-state index contributed by atoms with van der Waals surface area (Å²) in [6.07, 6.45) is 2.79. The maximum atomic E-state index is 3.70. The number of rotatable bonds is 10. The molecule has 0 aliphatic rings. The zero-order valence-electron chi connectivity index (χ0n) is 17.2. The van der Waals surface area contributed by atoms with Crippen LogP contribution in [-0.2, 0) is 20.1 Å². The Morgan fingerprint density at radius 1 is 0.667 bits per heavy atom. The van der Waals surface area contributed by atoms with Crippen molar-refractivity contribution < 1.29 is 35.4 Å². The molecule has 21 heavy (non-hydrogen) atoms. The van der Waals surface area contributed by atoms with Crippen LogP contribution < -0.4 is 17.7 Å². The monoisotopic (exact) mass is 535 g/mol. The number of hydrogen-bond donors (Lipinski definition) is 1. The summed E-state index contributed by atoms with van der Waals surface area (Å²) >= 11 is 0. The largest absolute Gasteiger partial charge is 3.00 e. The van der Waals surface area contributed by atoms with E-state index in [0.29, 0.717) is 0 Å². The summed E-state index contributed by atoms with van der Waals surface area (Å²) in [6, 6.07) is 0. The van der Waals surface area contributed by atoms with Gasteiger partial charge in [-0.3, -0.25) is 0 Å². The van der Waals surface area contributed by atoms with Crippen molar-refractivity contribution >= 4 is 15.8 Å². The zero-order chi connectivity index (χ0) is 15.0. The first kappa shape index (κ1) is 27.6. The van der Waals surface area contributed by atoms with E-state index in [9.17, 15) is 0 Å². The topological polar surface area (TPSA) is 12.0 Å². The third-order valence-electron chi connectivity index (χ3n) is 3.75. The molecule has 0 unspecified atom stereocenters. The van der Waals surface area contributed by atoms with Crippen LogP contribution in [0.3, 0.4) is 0 Å². The van der Waals surface area contributed by atoms with Crippen molar-refractivity contribution in [3.63, 3.8) is 0 Å². The molecule has 0 heterocycles. The normalized spacial score (nSPS) is 11.7. The van der Waals surface area contributed by atoms with Crippen LogP contribution in [0.5, 0.6) is 0 Å². The van der Waals surface area contributed by atoms with Crippen LogP contribution in [-0.4, -0.2) is 48.0 Å². The summed E-state index contributed by atoms with van der Waals surface area (Å²) in [6.45, 7) is 21.6. The Morgan fingerprint density at radius 2 is 0.905 bits per heavy atom. The van der Waals surface area contributed by atoms with Crippen molar-refractivity contribution in [2.45, 2.75) is 78.0 Å². The first-order chi connectivity index (χ1) is 8.77. The predicted molar refractivity (Wildman–Crippen MR) is 99.2 cm³/mol. The summed E-state index contributed by atoms with van der Waals surface area (Å²) in [5, 5.41) is 3.70. The fourth-order valence-corrected chi connectivity index (χ4v) is 8.05. The van der Waals surface area contributed by atoms with Crippen LogP contribution in [0.1, 0.15) is 58.2 Å². The van der Waals surface area contributed by atoms with Gasteiger partial charge in [-0.2, -0.15) is 0 Å². The van der Waals surface area contributed by atoms with Gasteiger partial charge in [-0.1, -0.05) is 55.4 Å². The quantitative estimate of drug-likeness (QED) is 0.335. The smallest absolute Gasteiger partial charge is 1.00 e. The standard InChI is InChI=1S/C16H37NP2.ClH.Ir.2H/c1-13(2)18(14(3)4)11-9-17-10-12-19(15(5)6)16(7)8;;;;/h13-17H,9-12H2,1-8H3;1H;;;/q;;+3;2*-1/p-1. The predicted octanol–water partition coefficient (Wildman–Crippen LogP) is 2.40. The Balaban J connectivity index is -0.000000270. The molecule has 0 aliphatic carbocycles. The van der Waals surface area contributed by atoms with Crippen LogP contribution in [0.25, 0.3) is 0 Å². The molecule has 5 heteroatoms. The van der Waals surface area contributed by atoms with Crippen LogP contribution in [0.4, 0.5) is 0 Å². The van der Waals surface area contributed by atoms with Crippen LogP contribution in [0.15, 0.2) is 0 Å². The summed E-state index contributed by atoms with van der Waals surface area (Å²) in [7, 11) is 0.415. The van der Waals surface area contributed by atoms with Gasteiger partial charge in [0.1, 0.15) is 0 Å². The Labute approximate surface area is 159 Å². The third-order valence-corrected chi connectivity index (χ3v) is 10.5. The Hall–Kier alpha value is 1.76. The van der Waals surface area contributed by atoms with Crippen LogP contribution >= 0.6 is 15.8 Å². The third kappa shape index (κ3) is 12.8. The summed E-state index contributed by atoms with van der Waals surface area (Å²) < 4.78 is 0. The van der Waals surface area contributed by atoms with Crippen molar-refractivity contribution in [3.05, 3.63) is 0 Å². The van der Waals surface area contributed by atoms with Gasteiger partial charge in [0.05, 0.1) is 0 Å². The molecular weight excluding hydrogens is 496 g/mol. The molecule has 0 saturated carbocycles. The minimum absolute atomic E-state index is 0. The molecule has 0 amide bonds. The molecule has 134 valence electrons. The van der Waals surface area contributed by atoms with Gasteiger partial charge in [-0.15, -0.1) is 15.8 Å². The minimum atomic E-state index is 0. The van der Waals surface area contributed by atoms with E-state index in [2.05, 4.69) is 60.7 Å². The molecule has 0 saturated heterocycles. The molecule has 0 aliphatic heterocycles. The summed E-state index contributed by atoms with van der Waals surface area (Å²) in [5.74, 6) is 0. The van der Waals surface area contributed by atoms with Gasteiger partial charge in [0.15, 0.2) is 0 Å². The van der Waals surface area contributed by atoms with Gasteiger partial charge in [0.25, 0.3) is 0 Å². The van der Waals surface area contributed by atoms with Crippen LogP contribution in [0.2, 0.25) is 0 Å². The molecular formula is C16H39ClIrNP2. The van der Waals surface area contributed by atoms with E-state index in [1.165, 1.54) is 25.4 Å². The summed E-state index contributed by atoms with van der Waals surface area (Å²) in [4.78, 5) is 0. The molecule has 0 radical (unpaired) electrons. The van der Waals surface area contributed by atoms with E-state index < -0.39 is 0 Å². The van der Waals surface area contributed by atoms with Gasteiger partial charge < -0.3 is 20.6 Å². The van der Waals surface area contributed by atoms with Gasteiger partial charge in [-0.25, -0.2) is 0 Å². The molecule has 0 bridgehead atoms. The maximum Gasteiger partial charge on any atom is 3.00 e. The molecule has 0 aromatic rings. The number of hydrogen-bond acceptors (Lipinski definition) is 1. The van der Waals surface area contributed by atoms with E-state index in [4.69, 9.17) is 0 Å². The molecule has 0 aromatic carbocycles. The first-order valence-corrected chi connectivity index (χ1v) is 11.3. The Morgan fingerprint density at radius 3 is 1.10 bits per heavy atom. The van der Waals surface area contributed by atoms with E-state index >= 15 is 0 Å². The van der Waals surface area contributed by atoms with Crippen LogP contribution in [0, 0.1) is 0 Å². The molecule has 0 aromatic heterocycles. The van der Waals surface area contributed by atoms with Gasteiger partial charge >= 0.3 is 20.1 Å². The van der Waals surface area contributed by atoms with Gasteiger partial charge in [-0.05, 0) is 48.0 Å². The Kier molecular flexibility index (Phi) is 20.1. The first-order valence-electron chi connectivity index (χ1n) is 7.99. The SMILES string of the molecule is CC(C)P(CCNCCP(C(C)C)C(C)C)C(C)C.[Cl-].[H-].[H-].[Ir+3]. The van der Waals surface area contributed by atoms with Gasteiger partial charge in [0, 0.05) is 0 Å². The second kappa shape index (κ2) is 15.3. The van der Waals surface area contributed by atoms with E-state index in [-0.39, 0.29) is 51.2 Å².